The highest BCUT2D eigenvalue weighted by molar-refractivity contribution is 9.10. The average molecular weight is 605 g/mol. The van der Waals surface area contributed by atoms with Crippen LogP contribution >= 0.6 is 15.9 Å². The second kappa shape index (κ2) is 10.2. The molecule has 5 aromatic rings. The van der Waals surface area contributed by atoms with Crippen LogP contribution in [0.5, 0.6) is 0 Å². The molecular formula is C27H22BrFN8O3. The Bertz CT molecular complexity index is 1800. The van der Waals surface area contributed by atoms with Crippen LogP contribution < -0.4 is 5.32 Å². The number of hydrogen-bond donors (Lipinski definition) is 1. The third kappa shape index (κ3) is 4.72. The van der Waals surface area contributed by atoms with Crippen LogP contribution in [0.2, 0.25) is 0 Å². The Balaban J connectivity index is 1.29. The summed E-state index contributed by atoms with van der Waals surface area (Å²) >= 11 is 3.25. The van der Waals surface area contributed by atoms with Crippen LogP contribution in [0.3, 0.4) is 0 Å². The second-order valence-electron chi connectivity index (χ2n) is 9.46. The van der Waals surface area contributed by atoms with Gasteiger partial charge in [0.25, 0.3) is 0 Å². The van der Waals surface area contributed by atoms with E-state index in [0.29, 0.717) is 21.3 Å². The first-order valence-electron chi connectivity index (χ1n) is 12.5. The number of carbonyl (C=O) groups is 3. The molecule has 1 fully saturated rings. The third-order valence-corrected chi connectivity index (χ3v) is 7.23. The summed E-state index contributed by atoms with van der Waals surface area (Å²) in [7, 11) is 0. The molecule has 1 aliphatic heterocycles. The number of likely N-dealkylation sites (tertiary alicyclic amines) is 1. The van der Waals surface area contributed by atoms with Gasteiger partial charge in [-0.15, -0.1) is 0 Å². The van der Waals surface area contributed by atoms with Crippen LogP contribution in [-0.4, -0.2) is 70.4 Å². The predicted molar refractivity (Wildman–Crippen MR) is 147 cm³/mol. The minimum Gasteiger partial charge on any atom is -0.326 e. The van der Waals surface area contributed by atoms with Crippen molar-refractivity contribution in [3.8, 4) is 11.3 Å². The molecule has 13 heteroatoms. The summed E-state index contributed by atoms with van der Waals surface area (Å²) in [5.41, 5.74) is 2.34. The predicted octanol–water partition coefficient (Wildman–Crippen LogP) is 3.68. The quantitative estimate of drug-likeness (QED) is 0.231. The van der Waals surface area contributed by atoms with E-state index in [-0.39, 0.29) is 36.8 Å². The monoisotopic (exact) mass is 604 g/mol. The molecule has 0 saturated carbocycles. The molecule has 40 heavy (non-hydrogen) atoms. The number of hydrogen-bond acceptors (Lipinski definition) is 7. The van der Waals surface area contributed by atoms with E-state index in [1.165, 1.54) is 16.5 Å². The lowest BCUT2D eigenvalue weighted by molar-refractivity contribution is -0.137. The number of imidazole rings is 1. The molecule has 11 nitrogen and oxygen atoms in total. The molecule has 6 rings (SSSR count). The maximum absolute atomic E-state index is 14.5. The Morgan fingerprint density at radius 3 is 2.80 bits per heavy atom. The lowest BCUT2D eigenvalue weighted by atomic mass is 10.1. The first-order chi connectivity index (χ1) is 19.3. The SMILES string of the molecule is CC(=O)c1nn(CC(=O)N2C[C@H](F)C[C@H]2C(=O)Nc2cccc(Br)n2)c2ccc(-c3cnc4ncccn34)cc12. The molecule has 0 spiro atoms. The summed E-state index contributed by atoms with van der Waals surface area (Å²) in [5, 5.41) is 7.65. The lowest BCUT2D eigenvalue weighted by Gasteiger charge is -2.23. The number of benzene rings is 1. The van der Waals surface area contributed by atoms with Crippen molar-refractivity contribution < 1.29 is 18.8 Å². The van der Waals surface area contributed by atoms with Gasteiger partial charge >= 0.3 is 0 Å². The van der Waals surface area contributed by atoms with Crippen molar-refractivity contribution in [2.24, 2.45) is 0 Å². The third-order valence-electron chi connectivity index (χ3n) is 6.79. The van der Waals surface area contributed by atoms with E-state index in [2.05, 4.69) is 41.3 Å². The second-order valence-corrected chi connectivity index (χ2v) is 10.3. The molecule has 4 aromatic heterocycles. The molecule has 2 amide bonds. The van der Waals surface area contributed by atoms with E-state index in [0.717, 1.165) is 11.3 Å². The van der Waals surface area contributed by atoms with Gasteiger partial charge in [-0.2, -0.15) is 5.10 Å². The number of rotatable bonds is 6. The maximum Gasteiger partial charge on any atom is 0.248 e. The lowest BCUT2D eigenvalue weighted by Crippen LogP contribution is -2.44. The zero-order chi connectivity index (χ0) is 28.0. The van der Waals surface area contributed by atoms with Gasteiger partial charge in [-0.3, -0.25) is 23.5 Å². The van der Waals surface area contributed by atoms with E-state index in [9.17, 15) is 18.8 Å². The Hall–Kier alpha value is -4.52. The van der Waals surface area contributed by atoms with Gasteiger partial charge in [-0.05, 0) is 46.3 Å². The molecule has 0 unspecified atom stereocenters. The summed E-state index contributed by atoms with van der Waals surface area (Å²) in [5.74, 6) is -0.454. The van der Waals surface area contributed by atoms with Crippen molar-refractivity contribution in [3.05, 3.63) is 71.4 Å². The summed E-state index contributed by atoms with van der Waals surface area (Å²) in [6, 6.07) is 11.3. The van der Waals surface area contributed by atoms with Gasteiger partial charge in [0.05, 0.1) is 24.0 Å². The van der Waals surface area contributed by atoms with Gasteiger partial charge < -0.3 is 10.2 Å². The molecule has 0 bridgehead atoms. The number of halogens is 2. The van der Waals surface area contributed by atoms with Crippen molar-refractivity contribution in [2.75, 3.05) is 11.9 Å². The van der Waals surface area contributed by atoms with E-state index in [1.807, 2.05) is 22.7 Å². The fourth-order valence-corrected chi connectivity index (χ4v) is 5.32. The number of nitrogens with one attached hydrogen (secondary N) is 1. The van der Waals surface area contributed by atoms with Gasteiger partial charge in [-0.1, -0.05) is 12.1 Å². The van der Waals surface area contributed by atoms with Crippen LogP contribution in [-0.2, 0) is 16.1 Å². The number of carbonyl (C=O) groups excluding carboxylic acids is 3. The highest BCUT2D eigenvalue weighted by Crippen LogP contribution is 2.28. The maximum atomic E-state index is 14.5. The van der Waals surface area contributed by atoms with Crippen LogP contribution in [0.25, 0.3) is 27.9 Å². The average Bonchev–Trinajstić information content (AvgIpc) is 3.63. The molecule has 1 aliphatic rings. The van der Waals surface area contributed by atoms with Crippen molar-refractivity contribution in [3.63, 3.8) is 0 Å². The number of fused-ring (bicyclic) bond motifs is 2. The summed E-state index contributed by atoms with van der Waals surface area (Å²) < 4.78 is 18.2. The summed E-state index contributed by atoms with van der Waals surface area (Å²) in [6.45, 7) is 0.922. The van der Waals surface area contributed by atoms with Gasteiger partial charge in [0, 0.05) is 36.7 Å². The molecule has 2 atom stereocenters. The van der Waals surface area contributed by atoms with Crippen molar-refractivity contribution in [1.82, 2.24) is 34.0 Å². The number of amides is 2. The van der Waals surface area contributed by atoms with Crippen LogP contribution in [0, 0.1) is 0 Å². The Morgan fingerprint density at radius 1 is 1.15 bits per heavy atom. The fourth-order valence-electron chi connectivity index (χ4n) is 4.98. The molecule has 1 aromatic carbocycles. The first-order valence-corrected chi connectivity index (χ1v) is 13.2. The number of ketones is 1. The fraction of sp³-hybridized carbons (Fsp3) is 0.222. The molecule has 5 heterocycles. The number of pyridine rings is 1. The van der Waals surface area contributed by atoms with Gasteiger partial charge in [0.1, 0.15) is 34.9 Å². The molecule has 202 valence electrons. The molecular weight excluding hydrogens is 583 g/mol. The summed E-state index contributed by atoms with van der Waals surface area (Å²) in [6.07, 6.45) is 3.72. The molecule has 1 N–H and O–H groups in total. The van der Waals surface area contributed by atoms with Crippen molar-refractivity contribution >= 4 is 56.0 Å². The van der Waals surface area contributed by atoms with Crippen LogP contribution in [0.1, 0.15) is 23.8 Å². The van der Waals surface area contributed by atoms with Crippen molar-refractivity contribution in [2.45, 2.75) is 32.1 Å². The zero-order valence-corrected chi connectivity index (χ0v) is 22.7. The van der Waals surface area contributed by atoms with Gasteiger partial charge in [0.15, 0.2) is 5.78 Å². The number of aromatic nitrogens is 6. The number of Topliss-reactive ketones (excluding diaryl/α,β-unsaturated/α-hetero) is 1. The Kier molecular flexibility index (Phi) is 6.58. The number of alkyl halides is 1. The molecule has 1 saturated heterocycles. The Morgan fingerprint density at radius 2 is 2.00 bits per heavy atom. The highest BCUT2D eigenvalue weighted by atomic mass is 79.9. The van der Waals surface area contributed by atoms with Crippen LogP contribution in [0.15, 0.2) is 65.7 Å². The van der Waals surface area contributed by atoms with Gasteiger partial charge in [-0.25, -0.2) is 19.3 Å². The minimum absolute atomic E-state index is 0.123. The topological polar surface area (TPSA) is 127 Å². The minimum atomic E-state index is -1.35. The van der Waals surface area contributed by atoms with Crippen LogP contribution in [0.4, 0.5) is 10.2 Å². The normalized spacial score (nSPS) is 17.0. The molecule has 0 radical (unpaired) electrons. The van der Waals surface area contributed by atoms with E-state index in [1.54, 1.807) is 42.7 Å². The highest BCUT2D eigenvalue weighted by Gasteiger charge is 2.40. The smallest absolute Gasteiger partial charge is 0.248 e. The first kappa shape index (κ1) is 25.7. The van der Waals surface area contributed by atoms with Crippen molar-refractivity contribution in [1.29, 1.82) is 0 Å². The standard InChI is InChI=1S/C27H22BrFN8O3/c1-15(38)25-18-10-16(21-12-31-27-30-8-3-9-35(21)27)6-7-19(18)37(34-25)14-24(39)36-13-17(29)11-20(36)26(40)33-23-5-2-4-22(28)32-23/h2-10,12,17,20H,11,13-14H2,1H3,(H,32,33,40)/t17-,20+/m1/s1. The zero-order valence-electron chi connectivity index (χ0n) is 21.2. The largest absolute Gasteiger partial charge is 0.326 e. The number of anilines is 1. The Labute approximate surface area is 235 Å². The number of nitrogens with zero attached hydrogens (tertiary/aromatic N) is 7. The van der Waals surface area contributed by atoms with E-state index < -0.39 is 24.0 Å². The van der Waals surface area contributed by atoms with Gasteiger partial charge in [0.2, 0.25) is 17.6 Å². The van der Waals surface area contributed by atoms with E-state index in [4.69, 9.17) is 0 Å². The summed E-state index contributed by atoms with van der Waals surface area (Å²) in [4.78, 5) is 52.8. The molecule has 0 aliphatic carbocycles. The van der Waals surface area contributed by atoms with E-state index >= 15 is 0 Å².